The van der Waals surface area contributed by atoms with Crippen LogP contribution in [0.25, 0.3) is 0 Å². The average Bonchev–Trinajstić information content (AvgIpc) is 3.08. The van der Waals surface area contributed by atoms with Crippen molar-refractivity contribution in [3.8, 4) is 5.75 Å². The van der Waals surface area contributed by atoms with Crippen LogP contribution in [0.15, 0.2) is 34.9 Å². The highest BCUT2D eigenvalue weighted by atomic mass is 19.3. The van der Waals surface area contributed by atoms with E-state index in [-0.39, 0.29) is 22.9 Å². The van der Waals surface area contributed by atoms with Crippen molar-refractivity contribution in [3.05, 3.63) is 47.3 Å². The molecule has 2 aromatic rings. The fourth-order valence-electron chi connectivity index (χ4n) is 3.85. The number of nitrogens with one attached hydrogen (secondary N) is 1. The average molecular weight is 362 g/mol. The second kappa shape index (κ2) is 5.79. The van der Waals surface area contributed by atoms with Crippen LogP contribution in [0.4, 0.5) is 8.78 Å². The topological polar surface area (TPSA) is 64.4 Å². The number of ether oxygens (including phenoxy) is 1. The molecule has 1 aliphatic heterocycles. The zero-order valence-corrected chi connectivity index (χ0v) is 14.6. The molecular formula is C19H20F2N2O3. The smallest absolute Gasteiger partial charge is 0.298 e. The molecule has 1 aliphatic carbocycles. The van der Waals surface area contributed by atoms with Crippen molar-refractivity contribution in [2.45, 2.75) is 44.1 Å². The maximum atomic E-state index is 12.9. The summed E-state index contributed by atoms with van der Waals surface area (Å²) in [5.74, 6) is 0.0801. The van der Waals surface area contributed by atoms with Gasteiger partial charge < -0.3 is 14.6 Å². The number of fused-ring (bicyclic) bond motifs is 2. The first kappa shape index (κ1) is 17.0. The van der Waals surface area contributed by atoms with Crippen molar-refractivity contribution in [2.75, 3.05) is 6.61 Å². The molecule has 4 rings (SSSR count). The van der Waals surface area contributed by atoms with Gasteiger partial charge in [-0.25, -0.2) is 8.78 Å². The standard InChI is InChI=1S/C19H20F2N2O3/c1-18(2,15-9-14(16(20)21)26-23-15)22-17(24)12-10-19(12)7-8-25-13-6-4-3-5-11(13)19/h3-6,9,12,16H,7-8,10H2,1-2H3,(H,22,24)/t12-,19-/m0/s1. The van der Waals surface area contributed by atoms with Gasteiger partial charge in [0.2, 0.25) is 11.7 Å². The van der Waals surface area contributed by atoms with E-state index in [2.05, 4.69) is 15.0 Å². The van der Waals surface area contributed by atoms with Crippen LogP contribution in [0.1, 0.15) is 50.1 Å². The maximum absolute atomic E-state index is 12.9. The van der Waals surface area contributed by atoms with Crippen molar-refractivity contribution in [3.63, 3.8) is 0 Å². The van der Waals surface area contributed by atoms with Gasteiger partial charge in [-0.15, -0.1) is 0 Å². The lowest BCUT2D eigenvalue weighted by Gasteiger charge is -2.28. The van der Waals surface area contributed by atoms with Gasteiger partial charge in [0.25, 0.3) is 6.43 Å². The van der Waals surface area contributed by atoms with Gasteiger partial charge in [0.1, 0.15) is 11.4 Å². The Bertz CT molecular complexity index is 849. The van der Waals surface area contributed by atoms with Gasteiger partial charge in [-0.05, 0) is 32.8 Å². The first-order valence-electron chi connectivity index (χ1n) is 8.63. The third-order valence-electron chi connectivity index (χ3n) is 5.44. The molecule has 1 N–H and O–H groups in total. The SMILES string of the molecule is CC(C)(NC(=O)[C@@H]1C[C@]12CCOc1ccccc12)c1cc(C(F)F)on1. The summed E-state index contributed by atoms with van der Waals surface area (Å²) in [5.41, 5.74) is 0.267. The largest absolute Gasteiger partial charge is 0.493 e. The Hall–Kier alpha value is -2.44. The van der Waals surface area contributed by atoms with E-state index in [1.54, 1.807) is 13.8 Å². The molecule has 1 spiro atoms. The number of rotatable bonds is 4. The summed E-state index contributed by atoms with van der Waals surface area (Å²) in [5, 5.41) is 6.63. The number of nitrogens with zero attached hydrogens (tertiary/aromatic N) is 1. The molecule has 0 unspecified atom stereocenters. The van der Waals surface area contributed by atoms with Crippen molar-refractivity contribution < 1.29 is 22.8 Å². The molecule has 0 bridgehead atoms. The van der Waals surface area contributed by atoms with Crippen LogP contribution < -0.4 is 10.1 Å². The minimum atomic E-state index is -2.73. The number of benzene rings is 1. The first-order chi connectivity index (χ1) is 12.3. The van der Waals surface area contributed by atoms with Crippen molar-refractivity contribution in [1.29, 1.82) is 0 Å². The van der Waals surface area contributed by atoms with Crippen LogP contribution in [0.2, 0.25) is 0 Å². The number of para-hydroxylation sites is 1. The van der Waals surface area contributed by atoms with Gasteiger partial charge in [-0.3, -0.25) is 4.79 Å². The Labute approximate surface area is 149 Å². The van der Waals surface area contributed by atoms with Gasteiger partial charge in [0, 0.05) is 23.0 Å². The molecule has 5 nitrogen and oxygen atoms in total. The minimum absolute atomic E-state index is 0.103. The highest BCUT2D eigenvalue weighted by molar-refractivity contribution is 5.85. The highest BCUT2D eigenvalue weighted by Gasteiger charge is 2.61. The zero-order chi connectivity index (χ0) is 18.5. The molecule has 2 heterocycles. The molecule has 138 valence electrons. The van der Waals surface area contributed by atoms with E-state index < -0.39 is 17.7 Å². The number of alkyl halides is 2. The molecular weight excluding hydrogens is 342 g/mol. The molecule has 7 heteroatoms. The van der Waals surface area contributed by atoms with Gasteiger partial charge in [-0.2, -0.15) is 0 Å². The van der Waals surface area contributed by atoms with Gasteiger partial charge in [0.15, 0.2) is 0 Å². The van der Waals surface area contributed by atoms with Crippen LogP contribution >= 0.6 is 0 Å². The Balaban J connectivity index is 1.51. The molecule has 26 heavy (non-hydrogen) atoms. The van der Waals surface area contributed by atoms with Gasteiger partial charge >= 0.3 is 0 Å². The zero-order valence-electron chi connectivity index (χ0n) is 14.6. The summed E-state index contributed by atoms with van der Waals surface area (Å²) in [6.45, 7) is 4.04. The molecule has 1 saturated carbocycles. The second-order valence-corrected chi connectivity index (χ2v) is 7.54. The summed E-state index contributed by atoms with van der Waals surface area (Å²) in [6, 6.07) is 9.00. The number of amides is 1. The molecule has 2 atom stereocenters. The molecule has 1 amide bonds. The Morgan fingerprint density at radius 1 is 1.38 bits per heavy atom. The molecule has 1 fully saturated rings. The lowest BCUT2D eigenvalue weighted by Crippen LogP contribution is -2.43. The molecule has 1 aromatic carbocycles. The van der Waals surface area contributed by atoms with E-state index in [0.29, 0.717) is 6.61 Å². The van der Waals surface area contributed by atoms with Gasteiger partial charge in [-0.1, -0.05) is 23.4 Å². The quantitative estimate of drug-likeness (QED) is 0.901. The van der Waals surface area contributed by atoms with Crippen LogP contribution in [0, 0.1) is 5.92 Å². The number of carbonyl (C=O) groups is 1. The van der Waals surface area contributed by atoms with E-state index in [1.165, 1.54) is 6.07 Å². The Morgan fingerprint density at radius 3 is 2.88 bits per heavy atom. The normalized spacial score (nSPS) is 24.3. The summed E-state index contributed by atoms with van der Waals surface area (Å²) < 4.78 is 35.8. The monoisotopic (exact) mass is 362 g/mol. The third-order valence-corrected chi connectivity index (χ3v) is 5.44. The summed E-state index contributed by atoms with van der Waals surface area (Å²) >= 11 is 0. The van der Waals surface area contributed by atoms with E-state index in [4.69, 9.17) is 4.74 Å². The van der Waals surface area contributed by atoms with Crippen molar-refractivity contribution in [1.82, 2.24) is 10.5 Å². The van der Waals surface area contributed by atoms with E-state index in [1.807, 2.05) is 24.3 Å². The molecule has 2 aliphatic rings. The second-order valence-electron chi connectivity index (χ2n) is 7.54. The summed E-state index contributed by atoms with van der Waals surface area (Å²) in [6.07, 6.45) is -1.17. The van der Waals surface area contributed by atoms with Crippen LogP contribution in [-0.4, -0.2) is 17.7 Å². The summed E-state index contributed by atoms with van der Waals surface area (Å²) in [4.78, 5) is 12.9. The predicted molar refractivity (Wildman–Crippen MR) is 89.0 cm³/mol. The lowest BCUT2D eigenvalue weighted by molar-refractivity contribution is -0.124. The molecule has 0 saturated heterocycles. The minimum Gasteiger partial charge on any atom is -0.493 e. The molecule has 1 aromatic heterocycles. The number of carbonyl (C=O) groups excluding carboxylic acids is 1. The van der Waals surface area contributed by atoms with Crippen LogP contribution in [0.3, 0.4) is 0 Å². The lowest BCUT2D eigenvalue weighted by atomic mass is 9.87. The first-order valence-corrected chi connectivity index (χ1v) is 8.63. The fraction of sp³-hybridized carbons (Fsp3) is 0.474. The Morgan fingerprint density at radius 2 is 2.15 bits per heavy atom. The number of hydrogen-bond acceptors (Lipinski definition) is 4. The van der Waals surface area contributed by atoms with E-state index in [0.717, 1.165) is 24.2 Å². The molecule has 0 radical (unpaired) electrons. The number of halogens is 2. The van der Waals surface area contributed by atoms with Crippen LogP contribution in [-0.2, 0) is 15.7 Å². The highest BCUT2D eigenvalue weighted by Crippen LogP contribution is 2.60. The van der Waals surface area contributed by atoms with Crippen molar-refractivity contribution >= 4 is 5.91 Å². The number of aromatic nitrogens is 1. The predicted octanol–water partition coefficient (Wildman–Crippen LogP) is 3.70. The van der Waals surface area contributed by atoms with Crippen molar-refractivity contribution in [2.24, 2.45) is 5.92 Å². The Kier molecular flexibility index (Phi) is 3.78. The summed E-state index contributed by atoms with van der Waals surface area (Å²) in [7, 11) is 0. The fourth-order valence-corrected chi connectivity index (χ4v) is 3.85. The van der Waals surface area contributed by atoms with Gasteiger partial charge in [0.05, 0.1) is 12.1 Å². The van der Waals surface area contributed by atoms with Crippen LogP contribution in [0.5, 0.6) is 5.75 Å². The van der Waals surface area contributed by atoms with E-state index >= 15 is 0 Å². The van der Waals surface area contributed by atoms with E-state index in [9.17, 15) is 13.6 Å². The maximum Gasteiger partial charge on any atom is 0.298 e. The number of hydrogen-bond donors (Lipinski definition) is 1. The third kappa shape index (κ3) is 2.66.